The van der Waals surface area contributed by atoms with E-state index in [4.69, 9.17) is 43.7 Å². The zero-order valence-corrected chi connectivity index (χ0v) is 48.2. The van der Waals surface area contributed by atoms with Gasteiger partial charge in [0.15, 0.2) is 0 Å². The van der Waals surface area contributed by atoms with Crippen LogP contribution in [0.3, 0.4) is 0 Å². The molecule has 1 aliphatic rings. The Kier molecular flexibility index (Phi) is 34.5. The number of azide groups is 1. The number of aromatic nitrogens is 1. The molecular formula is C55H93N9O12S. The number of aromatic hydroxyl groups is 1. The fourth-order valence-corrected chi connectivity index (χ4v) is 9.75. The lowest BCUT2D eigenvalue weighted by Gasteiger charge is -2.40. The number of nitrogens with one attached hydrogen (secondary N) is 3. The molecule has 0 aliphatic carbocycles. The number of hydrogen-bond donors (Lipinski definition) is 4. The van der Waals surface area contributed by atoms with Gasteiger partial charge in [-0.3, -0.25) is 24.1 Å². The summed E-state index contributed by atoms with van der Waals surface area (Å²) in [5.41, 5.74) is 9.34. The van der Waals surface area contributed by atoms with Crippen LogP contribution in [0.5, 0.6) is 5.75 Å². The van der Waals surface area contributed by atoms with Crippen molar-refractivity contribution in [1.29, 1.82) is 0 Å². The monoisotopic (exact) mass is 1100 g/mol. The summed E-state index contributed by atoms with van der Waals surface area (Å²) in [4.78, 5) is 67.5. The van der Waals surface area contributed by atoms with Crippen molar-refractivity contribution < 1.29 is 57.4 Å². The first-order chi connectivity index (χ1) is 37.2. The van der Waals surface area contributed by atoms with Gasteiger partial charge in [-0.1, -0.05) is 78.6 Å². The molecule has 0 bridgehead atoms. The van der Waals surface area contributed by atoms with Crippen LogP contribution in [0.25, 0.3) is 10.4 Å². The second-order valence-electron chi connectivity index (χ2n) is 20.0. The number of likely N-dealkylation sites (N-methyl/N-ethyl adjacent to an activating group) is 1. The number of phenols is 1. The topological polar surface area (TPSA) is 257 Å². The summed E-state index contributed by atoms with van der Waals surface area (Å²) in [7, 11) is 1.98. The smallest absolute Gasteiger partial charge is 0.270 e. The minimum absolute atomic E-state index is 0.0429. The molecule has 2 aromatic rings. The minimum atomic E-state index is -0.675. The highest BCUT2D eigenvalue weighted by molar-refractivity contribution is 7.09. The van der Waals surface area contributed by atoms with Crippen molar-refractivity contribution in [2.75, 3.05) is 119 Å². The number of piperidine rings is 1. The van der Waals surface area contributed by atoms with Crippen LogP contribution in [0, 0.1) is 17.8 Å². The summed E-state index contributed by atoms with van der Waals surface area (Å²) in [6.07, 6.45) is 5.73. The van der Waals surface area contributed by atoms with Crippen molar-refractivity contribution in [3.63, 3.8) is 0 Å². The average molecular weight is 1100 g/mol. The maximum Gasteiger partial charge on any atom is 0.270 e. The number of ether oxygens (including phenoxy) is 7. The molecule has 22 heteroatoms. The third-order valence-corrected chi connectivity index (χ3v) is 14.4. The van der Waals surface area contributed by atoms with Crippen LogP contribution < -0.4 is 16.0 Å². The van der Waals surface area contributed by atoms with E-state index >= 15 is 0 Å². The van der Waals surface area contributed by atoms with Crippen LogP contribution in [-0.2, 0) is 54.0 Å². The van der Waals surface area contributed by atoms with Crippen molar-refractivity contribution in [3.8, 4) is 5.75 Å². The van der Waals surface area contributed by atoms with E-state index in [2.05, 4.69) is 51.6 Å². The molecule has 21 nitrogen and oxygen atoms in total. The first-order valence-corrected chi connectivity index (χ1v) is 28.8. The van der Waals surface area contributed by atoms with Gasteiger partial charge in [-0.25, -0.2) is 4.98 Å². The highest BCUT2D eigenvalue weighted by atomic mass is 32.1. The molecule has 0 radical (unpaired) electrons. The van der Waals surface area contributed by atoms with Crippen molar-refractivity contribution in [1.82, 2.24) is 30.7 Å². The summed E-state index contributed by atoms with van der Waals surface area (Å²) < 4.78 is 39.4. The molecular weight excluding hydrogens is 1010 g/mol. The van der Waals surface area contributed by atoms with Gasteiger partial charge in [-0.05, 0) is 87.2 Å². The molecule has 436 valence electrons. The molecule has 2 heterocycles. The van der Waals surface area contributed by atoms with Gasteiger partial charge in [0.1, 0.15) is 28.6 Å². The number of rotatable bonds is 43. The van der Waals surface area contributed by atoms with E-state index < -0.39 is 24.1 Å². The SMILES string of the molecule is CCCO[C@H](C[C@H](C(C)C)N(CCC)C(=O)[C@@H](NC(=O)[C@H]1CCCCN1C)[C@@H](C)CC)c1nc(C(=O)N[C@@H](Cc2ccc(O)cc2)C[C@H](C)C(=O)NCCOCCOCCOCCOCCOCCOCCN=[N+]=[N-])cs1. The Hall–Kier alpha value is -4.48. The lowest BCUT2D eigenvalue weighted by Crippen LogP contribution is -2.58. The third kappa shape index (κ3) is 26.4. The Labute approximate surface area is 462 Å². The summed E-state index contributed by atoms with van der Waals surface area (Å²) in [6.45, 7) is 21.4. The van der Waals surface area contributed by atoms with Crippen molar-refractivity contribution in [2.24, 2.45) is 22.9 Å². The Morgan fingerprint density at radius 3 is 2.00 bits per heavy atom. The fraction of sp³-hybridized carbons (Fsp3) is 0.764. The fourth-order valence-electron chi connectivity index (χ4n) is 8.89. The molecule has 0 spiro atoms. The van der Waals surface area contributed by atoms with Crippen LogP contribution in [0.2, 0.25) is 0 Å². The van der Waals surface area contributed by atoms with Crippen LogP contribution in [0.15, 0.2) is 34.8 Å². The second-order valence-corrected chi connectivity index (χ2v) is 20.9. The maximum absolute atomic E-state index is 14.8. The molecule has 1 aromatic heterocycles. The molecule has 4 amide bonds. The maximum atomic E-state index is 14.8. The van der Waals surface area contributed by atoms with E-state index in [1.807, 2.05) is 39.6 Å². The number of carbonyl (C=O) groups excluding carboxylic acids is 4. The largest absolute Gasteiger partial charge is 0.508 e. The first kappa shape index (κ1) is 66.8. The number of thiazole rings is 1. The molecule has 4 N–H and O–H groups in total. The van der Waals surface area contributed by atoms with E-state index in [0.29, 0.717) is 130 Å². The molecule has 3 rings (SSSR count). The lowest BCUT2D eigenvalue weighted by atomic mass is 9.92. The Morgan fingerprint density at radius 1 is 0.831 bits per heavy atom. The number of nitrogens with zero attached hydrogens (tertiary/aromatic N) is 6. The third-order valence-electron chi connectivity index (χ3n) is 13.4. The van der Waals surface area contributed by atoms with Gasteiger partial charge in [0, 0.05) is 61.0 Å². The molecule has 1 saturated heterocycles. The summed E-state index contributed by atoms with van der Waals surface area (Å²) in [5.74, 6) is -1.11. The molecule has 77 heavy (non-hydrogen) atoms. The minimum Gasteiger partial charge on any atom is -0.508 e. The van der Waals surface area contributed by atoms with Crippen molar-refractivity contribution in [2.45, 2.75) is 137 Å². The number of benzene rings is 1. The summed E-state index contributed by atoms with van der Waals surface area (Å²) in [5, 5.41) is 25.0. The van der Waals surface area contributed by atoms with Crippen molar-refractivity contribution >= 4 is 35.0 Å². The van der Waals surface area contributed by atoms with Crippen molar-refractivity contribution in [3.05, 3.63) is 56.4 Å². The number of phenolic OH excluding ortho intramolecular Hbond substituents is 1. The number of hydrogen-bond acceptors (Lipinski definition) is 16. The Morgan fingerprint density at radius 2 is 1.44 bits per heavy atom. The number of carbonyl (C=O) groups is 4. The Balaban J connectivity index is 1.53. The molecule has 0 saturated carbocycles. The standard InChI is InChI=1S/C55H93N9O12S/c1-9-21-64(55(69)50(41(6)11-3)61-53(68)47-14-12-13-22-63(47)8)48(40(4)5)38-49(76-23-10-2)54-60-46(39-77-54)52(67)59-44(37-43-15-17-45(65)18-16-43)36-42(7)51(66)57-19-24-70-26-28-72-30-32-74-34-35-75-33-31-73-29-27-71-25-20-58-62-56/h15-18,39-42,44,47-50,65H,9-14,19-38H2,1-8H3,(H,57,66)(H,59,67)(H,61,68)/t41-,42-,44+,47+,48+,49+,50-/m0/s1. The molecule has 7 atom stereocenters. The van der Waals surface area contributed by atoms with E-state index in [1.54, 1.807) is 29.6 Å². The van der Waals surface area contributed by atoms with Gasteiger partial charge < -0.3 is 59.1 Å². The quantitative estimate of drug-likeness (QED) is 0.0229. The van der Waals surface area contributed by atoms with Crippen LogP contribution in [-0.4, -0.2) is 187 Å². The summed E-state index contributed by atoms with van der Waals surface area (Å²) >= 11 is 1.34. The molecule has 1 aromatic carbocycles. The second kappa shape index (κ2) is 39.8. The van der Waals surface area contributed by atoms with Crippen LogP contribution in [0.1, 0.15) is 127 Å². The first-order valence-electron chi connectivity index (χ1n) is 28.0. The van der Waals surface area contributed by atoms with Gasteiger partial charge in [0.05, 0.1) is 85.3 Å². The molecule has 1 fully saturated rings. The van der Waals surface area contributed by atoms with Gasteiger partial charge in [-0.15, -0.1) is 11.3 Å². The average Bonchev–Trinajstić information content (AvgIpc) is 3.92. The molecule has 0 unspecified atom stereocenters. The van der Waals surface area contributed by atoms with E-state index in [0.717, 1.165) is 50.6 Å². The highest BCUT2D eigenvalue weighted by Crippen LogP contribution is 2.32. The zero-order valence-electron chi connectivity index (χ0n) is 47.4. The van der Waals surface area contributed by atoms with E-state index in [1.165, 1.54) is 11.3 Å². The zero-order chi connectivity index (χ0) is 56.2. The van der Waals surface area contributed by atoms with E-state index in [-0.39, 0.29) is 59.0 Å². The van der Waals surface area contributed by atoms with E-state index in [9.17, 15) is 24.3 Å². The van der Waals surface area contributed by atoms with Gasteiger partial charge in [-0.2, -0.15) is 0 Å². The van der Waals surface area contributed by atoms with Gasteiger partial charge in [0.2, 0.25) is 17.7 Å². The Bertz CT molecular complexity index is 1990. The normalized spacial score (nSPS) is 16.2. The lowest BCUT2D eigenvalue weighted by molar-refractivity contribution is -0.143. The van der Waals surface area contributed by atoms with Gasteiger partial charge >= 0.3 is 0 Å². The van der Waals surface area contributed by atoms with Crippen LogP contribution >= 0.6 is 11.3 Å². The van der Waals surface area contributed by atoms with Gasteiger partial charge in [0.25, 0.3) is 5.91 Å². The number of likely N-dealkylation sites (tertiary alicyclic amines) is 1. The number of amides is 4. The predicted molar refractivity (Wildman–Crippen MR) is 297 cm³/mol. The predicted octanol–water partition coefficient (Wildman–Crippen LogP) is 6.88. The highest BCUT2D eigenvalue weighted by Gasteiger charge is 2.38. The summed E-state index contributed by atoms with van der Waals surface area (Å²) in [6, 6.07) is 5.15. The van der Waals surface area contributed by atoms with Crippen LogP contribution in [0.4, 0.5) is 0 Å². The molecule has 1 aliphatic heterocycles.